The largest absolute Gasteiger partial charge is 0.330 e. The molecule has 0 saturated heterocycles. The zero-order chi connectivity index (χ0) is 10.7. The van der Waals surface area contributed by atoms with Crippen molar-refractivity contribution >= 4 is 23.1 Å². The number of nitrogens with zero attached hydrogens (tertiary/aromatic N) is 2. The van der Waals surface area contributed by atoms with E-state index in [1.165, 1.54) is 11.5 Å². The van der Waals surface area contributed by atoms with Crippen molar-refractivity contribution in [2.45, 2.75) is 6.42 Å². The molecule has 0 fully saturated rings. The molecule has 15 heavy (non-hydrogen) atoms. The first kappa shape index (κ1) is 10.5. The Morgan fingerprint density at radius 3 is 2.67 bits per heavy atom. The summed E-state index contributed by atoms with van der Waals surface area (Å²) in [6.45, 7) is 0.616. The highest BCUT2D eigenvalue weighted by molar-refractivity contribution is 7.06. The minimum Gasteiger partial charge on any atom is -0.330 e. The lowest BCUT2D eigenvalue weighted by Crippen LogP contribution is -2.02. The van der Waals surface area contributed by atoms with Gasteiger partial charge in [-0.25, -0.2) is 0 Å². The third kappa shape index (κ3) is 2.34. The number of halogens is 1. The van der Waals surface area contributed by atoms with Crippen LogP contribution in [0.1, 0.15) is 4.88 Å². The lowest BCUT2D eigenvalue weighted by Gasteiger charge is -1.99. The van der Waals surface area contributed by atoms with E-state index in [1.54, 1.807) is 0 Å². The third-order valence-electron chi connectivity index (χ3n) is 2.05. The molecule has 0 aliphatic carbocycles. The Kier molecular flexibility index (Phi) is 3.30. The van der Waals surface area contributed by atoms with Gasteiger partial charge in [-0.3, -0.25) is 0 Å². The van der Waals surface area contributed by atoms with Gasteiger partial charge in [0.05, 0.1) is 4.88 Å². The van der Waals surface area contributed by atoms with Crippen molar-refractivity contribution in [3.8, 4) is 11.3 Å². The molecule has 3 nitrogen and oxygen atoms in total. The number of rotatable bonds is 3. The van der Waals surface area contributed by atoms with Gasteiger partial charge in [0.1, 0.15) is 5.69 Å². The van der Waals surface area contributed by atoms with E-state index in [9.17, 15) is 0 Å². The van der Waals surface area contributed by atoms with E-state index in [0.29, 0.717) is 6.54 Å². The van der Waals surface area contributed by atoms with E-state index in [0.717, 1.165) is 27.6 Å². The molecule has 2 aromatic rings. The zero-order valence-electron chi connectivity index (χ0n) is 7.98. The van der Waals surface area contributed by atoms with Gasteiger partial charge < -0.3 is 5.73 Å². The second-order valence-corrected chi connectivity index (χ2v) is 4.37. The predicted molar refractivity (Wildman–Crippen MR) is 63.1 cm³/mol. The van der Waals surface area contributed by atoms with Crippen molar-refractivity contribution in [2.24, 2.45) is 5.73 Å². The van der Waals surface area contributed by atoms with Gasteiger partial charge in [0, 0.05) is 10.6 Å². The van der Waals surface area contributed by atoms with Crippen LogP contribution in [0.3, 0.4) is 0 Å². The molecule has 0 unspecified atom stereocenters. The summed E-state index contributed by atoms with van der Waals surface area (Å²) in [6.07, 6.45) is 0.815. The topological polar surface area (TPSA) is 51.8 Å². The van der Waals surface area contributed by atoms with Gasteiger partial charge in [-0.05, 0) is 36.6 Å². The van der Waals surface area contributed by atoms with Gasteiger partial charge in [0.25, 0.3) is 0 Å². The maximum absolute atomic E-state index is 5.82. The number of aromatic nitrogens is 2. The highest BCUT2D eigenvalue weighted by Crippen LogP contribution is 2.25. The van der Waals surface area contributed by atoms with E-state index >= 15 is 0 Å². The van der Waals surface area contributed by atoms with Gasteiger partial charge in [0.15, 0.2) is 0 Å². The van der Waals surface area contributed by atoms with Crippen molar-refractivity contribution in [2.75, 3.05) is 6.54 Å². The van der Waals surface area contributed by atoms with Crippen molar-refractivity contribution in [3.05, 3.63) is 34.2 Å². The molecular formula is C10H10ClN3S. The second-order valence-electron chi connectivity index (χ2n) is 3.09. The SMILES string of the molecule is NCCc1snnc1-c1ccc(Cl)cc1. The average Bonchev–Trinajstić information content (AvgIpc) is 2.68. The zero-order valence-corrected chi connectivity index (χ0v) is 9.55. The first-order chi connectivity index (χ1) is 7.31. The summed E-state index contributed by atoms with van der Waals surface area (Å²) in [4.78, 5) is 1.12. The quantitative estimate of drug-likeness (QED) is 0.895. The highest BCUT2D eigenvalue weighted by atomic mass is 35.5. The van der Waals surface area contributed by atoms with Crippen LogP contribution in [0, 0.1) is 0 Å². The summed E-state index contributed by atoms with van der Waals surface area (Å²) < 4.78 is 3.94. The maximum atomic E-state index is 5.82. The molecule has 0 bridgehead atoms. The Bertz CT molecular complexity index is 438. The Morgan fingerprint density at radius 1 is 1.27 bits per heavy atom. The standard InChI is InChI=1S/C10H10ClN3S/c11-8-3-1-7(2-4-8)10-9(5-6-12)15-14-13-10/h1-4H,5-6,12H2. The minimum absolute atomic E-state index is 0.616. The molecule has 0 amide bonds. The van der Waals surface area contributed by atoms with Crippen LogP contribution in [0.5, 0.6) is 0 Å². The van der Waals surface area contributed by atoms with Crippen LogP contribution < -0.4 is 5.73 Å². The Hall–Kier alpha value is -0.970. The van der Waals surface area contributed by atoms with Gasteiger partial charge in [0.2, 0.25) is 0 Å². The molecule has 1 aromatic heterocycles. The minimum atomic E-state index is 0.616. The van der Waals surface area contributed by atoms with E-state index in [-0.39, 0.29) is 0 Å². The molecule has 1 aromatic carbocycles. The molecule has 2 rings (SSSR count). The van der Waals surface area contributed by atoms with E-state index in [4.69, 9.17) is 17.3 Å². The number of benzene rings is 1. The molecular weight excluding hydrogens is 230 g/mol. The molecule has 0 aliphatic heterocycles. The fraction of sp³-hybridized carbons (Fsp3) is 0.200. The Balaban J connectivity index is 2.36. The van der Waals surface area contributed by atoms with Crippen molar-refractivity contribution in [1.29, 1.82) is 0 Å². The van der Waals surface area contributed by atoms with Crippen LogP contribution >= 0.6 is 23.1 Å². The van der Waals surface area contributed by atoms with Crippen LogP contribution in [-0.2, 0) is 6.42 Å². The van der Waals surface area contributed by atoms with Gasteiger partial charge in [-0.15, -0.1) is 5.10 Å². The van der Waals surface area contributed by atoms with Gasteiger partial charge >= 0.3 is 0 Å². The lowest BCUT2D eigenvalue weighted by molar-refractivity contribution is 0.984. The van der Waals surface area contributed by atoms with Crippen LogP contribution in [-0.4, -0.2) is 16.1 Å². The van der Waals surface area contributed by atoms with Gasteiger partial charge in [-0.2, -0.15) is 0 Å². The Morgan fingerprint density at radius 2 is 2.00 bits per heavy atom. The predicted octanol–water partition coefficient (Wildman–Crippen LogP) is 2.36. The van der Waals surface area contributed by atoms with Crippen LogP contribution in [0.15, 0.2) is 24.3 Å². The molecule has 0 radical (unpaired) electrons. The summed E-state index contributed by atoms with van der Waals surface area (Å²) in [5.74, 6) is 0. The molecule has 0 atom stereocenters. The second kappa shape index (κ2) is 4.70. The number of hydrogen-bond donors (Lipinski definition) is 1. The van der Waals surface area contributed by atoms with E-state index < -0.39 is 0 Å². The maximum Gasteiger partial charge on any atom is 0.109 e. The first-order valence-corrected chi connectivity index (χ1v) is 5.73. The number of hydrogen-bond acceptors (Lipinski definition) is 4. The summed E-state index contributed by atoms with van der Waals surface area (Å²) in [5, 5.41) is 4.83. The average molecular weight is 240 g/mol. The van der Waals surface area contributed by atoms with Crippen molar-refractivity contribution < 1.29 is 0 Å². The van der Waals surface area contributed by atoms with Crippen LogP contribution in [0.4, 0.5) is 0 Å². The monoisotopic (exact) mass is 239 g/mol. The summed E-state index contributed by atoms with van der Waals surface area (Å²) in [7, 11) is 0. The first-order valence-electron chi connectivity index (χ1n) is 4.58. The smallest absolute Gasteiger partial charge is 0.109 e. The fourth-order valence-electron chi connectivity index (χ4n) is 1.33. The summed E-state index contributed by atoms with van der Waals surface area (Å²) >= 11 is 7.22. The normalized spacial score (nSPS) is 10.5. The van der Waals surface area contributed by atoms with Crippen LogP contribution in [0.2, 0.25) is 5.02 Å². The van der Waals surface area contributed by atoms with E-state index in [1.807, 2.05) is 24.3 Å². The number of nitrogens with two attached hydrogens (primary N) is 1. The van der Waals surface area contributed by atoms with Crippen molar-refractivity contribution in [3.63, 3.8) is 0 Å². The molecule has 1 heterocycles. The highest BCUT2D eigenvalue weighted by Gasteiger charge is 2.08. The summed E-state index contributed by atoms with van der Waals surface area (Å²) in [5.41, 5.74) is 7.48. The van der Waals surface area contributed by atoms with Gasteiger partial charge in [-0.1, -0.05) is 28.2 Å². The molecule has 5 heteroatoms. The van der Waals surface area contributed by atoms with Crippen LogP contribution in [0.25, 0.3) is 11.3 Å². The molecule has 0 spiro atoms. The molecule has 78 valence electrons. The molecule has 0 saturated carbocycles. The third-order valence-corrected chi connectivity index (χ3v) is 3.08. The van der Waals surface area contributed by atoms with Crippen molar-refractivity contribution in [1.82, 2.24) is 9.59 Å². The lowest BCUT2D eigenvalue weighted by atomic mass is 10.1. The van der Waals surface area contributed by atoms with E-state index in [2.05, 4.69) is 9.59 Å². The molecule has 0 aliphatic rings. The molecule has 2 N–H and O–H groups in total. The fourth-order valence-corrected chi connectivity index (χ4v) is 2.13. The summed E-state index contributed by atoms with van der Waals surface area (Å²) in [6, 6.07) is 7.59. The Labute approximate surface area is 97.1 Å².